The Bertz CT molecular complexity index is 235. The van der Waals surface area contributed by atoms with Gasteiger partial charge in [-0.2, -0.15) is 0 Å². The first kappa shape index (κ1) is 20.4. The van der Waals surface area contributed by atoms with Crippen LogP contribution in [0.25, 0.3) is 0 Å². The van der Waals surface area contributed by atoms with Gasteiger partial charge in [0.25, 0.3) is 0 Å². The predicted octanol–water partition coefficient (Wildman–Crippen LogP) is 3.39. The molecule has 1 atom stereocenters. The molecule has 0 saturated heterocycles. The van der Waals surface area contributed by atoms with Crippen LogP contribution in [0.5, 0.6) is 0 Å². The van der Waals surface area contributed by atoms with Crippen molar-refractivity contribution in [2.75, 3.05) is 20.3 Å². The van der Waals surface area contributed by atoms with Crippen molar-refractivity contribution in [3.8, 4) is 0 Å². The van der Waals surface area contributed by atoms with Gasteiger partial charge in [0.1, 0.15) is 0 Å². The summed E-state index contributed by atoms with van der Waals surface area (Å²) in [4.78, 5) is 11.6. The largest absolute Gasteiger partial charge is 0.383 e. The van der Waals surface area contributed by atoms with Crippen LogP contribution in [-0.2, 0) is 9.53 Å². The Morgan fingerprint density at radius 2 is 1.62 bits per heavy atom. The standard InChI is InChI=1S/C17H36N2O2/c1-3-4-5-6-7-8-9-10-11-12-17(20)19-14-13-16(18)15-21-2/h16H,3-15,18H2,1-2H3,(H,19,20). The first-order valence-electron chi connectivity index (χ1n) is 8.72. The second-order valence-corrected chi connectivity index (χ2v) is 5.93. The van der Waals surface area contributed by atoms with Crippen molar-refractivity contribution in [2.24, 2.45) is 5.73 Å². The lowest BCUT2D eigenvalue weighted by Crippen LogP contribution is -2.32. The van der Waals surface area contributed by atoms with Crippen LogP contribution < -0.4 is 11.1 Å². The molecule has 0 aliphatic rings. The molecule has 0 spiro atoms. The highest BCUT2D eigenvalue weighted by Crippen LogP contribution is 2.10. The summed E-state index contributed by atoms with van der Waals surface area (Å²) in [5, 5.41) is 2.92. The lowest BCUT2D eigenvalue weighted by molar-refractivity contribution is -0.121. The highest BCUT2D eigenvalue weighted by molar-refractivity contribution is 5.75. The number of hydrogen-bond donors (Lipinski definition) is 2. The molecule has 0 heterocycles. The molecule has 1 amide bonds. The Hall–Kier alpha value is -0.610. The van der Waals surface area contributed by atoms with Crippen LogP contribution in [0.1, 0.15) is 77.6 Å². The monoisotopic (exact) mass is 300 g/mol. The molecule has 21 heavy (non-hydrogen) atoms. The Labute approximate surface area is 131 Å². The third kappa shape index (κ3) is 15.6. The Balaban J connectivity index is 3.23. The summed E-state index contributed by atoms with van der Waals surface area (Å²) >= 11 is 0. The van der Waals surface area contributed by atoms with Crippen LogP contribution in [-0.4, -0.2) is 32.2 Å². The van der Waals surface area contributed by atoms with Gasteiger partial charge >= 0.3 is 0 Å². The molecule has 0 saturated carbocycles. The summed E-state index contributed by atoms with van der Waals surface area (Å²) in [5.74, 6) is 0.155. The molecule has 0 aromatic carbocycles. The Morgan fingerprint density at radius 1 is 1.05 bits per heavy atom. The fraction of sp³-hybridized carbons (Fsp3) is 0.941. The number of carbonyl (C=O) groups is 1. The lowest BCUT2D eigenvalue weighted by Gasteiger charge is -2.10. The first-order chi connectivity index (χ1) is 10.2. The summed E-state index contributed by atoms with van der Waals surface area (Å²) in [6.07, 6.45) is 13.0. The predicted molar refractivity (Wildman–Crippen MR) is 89.3 cm³/mol. The maximum absolute atomic E-state index is 11.6. The third-order valence-corrected chi connectivity index (χ3v) is 3.73. The number of methoxy groups -OCH3 is 1. The molecule has 0 aliphatic heterocycles. The number of unbranched alkanes of at least 4 members (excludes halogenated alkanes) is 8. The molecular weight excluding hydrogens is 264 g/mol. The maximum Gasteiger partial charge on any atom is 0.219 e. The molecule has 0 radical (unpaired) electrons. The normalized spacial score (nSPS) is 12.3. The highest BCUT2D eigenvalue weighted by atomic mass is 16.5. The molecule has 0 aliphatic carbocycles. The van der Waals surface area contributed by atoms with Crippen LogP contribution >= 0.6 is 0 Å². The number of rotatable bonds is 15. The molecule has 0 aromatic rings. The second-order valence-electron chi connectivity index (χ2n) is 5.93. The number of nitrogens with one attached hydrogen (secondary N) is 1. The topological polar surface area (TPSA) is 64.4 Å². The van der Waals surface area contributed by atoms with Gasteiger partial charge in [-0.25, -0.2) is 0 Å². The van der Waals surface area contributed by atoms with E-state index in [-0.39, 0.29) is 11.9 Å². The van der Waals surface area contributed by atoms with E-state index in [1.54, 1.807) is 7.11 Å². The maximum atomic E-state index is 11.6. The zero-order valence-electron chi connectivity index (χ0n) is 14.2. The number of ether oxygens (including phenoxy) is 1. The summed E-state index contributed by atoms with van der Waals surface area (Å²) in [7, 11) is 1.64. The van der Waals surface area contributed by atoms with Crippen molar-refractivity contribution < 1.29 is 9.53 Å². The average Bonchev–Trinajstić information content (AvgIpc) is 2.46. The Kier molecular flexibility index (Phi) is 15.3. The van der Waals surface area contributed by atoms with Gasteiger partial charge in [0, 0.05) is 26.1 Å². The summed E-state index contributed by atoms with van der Waals surface area (Å²) < 4.78 is 4.96. The molecule has 4 heteroatoms. The zero-order chi connectivity index (χ0) is 15.8. The second kappa shape index (κ2) is 15.8. The number of carbonyl (C=O) groups excluding carboxylic acids is 1. The minimum Gasteiger partial charge on any atom is -0.383 e. The minimum atomic E-state index is 0.0167. The van der Waals surface area contributed by atoms with Gasteiger partial charge < -0.3 is 15.8 Å². The fourth-order valence-corrected chi connectivity index (χ4v) is 2.38. The lowest BCUT2D eigenvalue weighted by atomic mass is 10.1. The molecule has 4 nitrogen and oxygen atoms in total. The van der Waals surface area contributed by atoms with E-state index in [2.05, 4.69) is 12.2 Å². The van der Waals surface area contributed by atoms with Crippen LogP contribution in [0, 0.1) is 0 Å². The number of amides is 1. The van der Waals surface area contributed by atoms with E-state index in [9.17, 15) is 4.79 Å². The molecule has 1 unspecified atom stereocenters. The zero-order valence-corrected chi connectivity index (χ0v) is 14.2. The molecule has 126 valence electrons. The van der Waals surface area contributed by atoms with Crippen LogP contribution in [0.15, 0.2) is 0 Å². The van der Waals surface area contributed by atoms with Crippen molar-refractivity contribution in [1.82, 2.24) is 5.32 Å². The van der Waals surface area contributed by atoms with Gasteiger partial charge in [-0.1, -0.05) is 58.3 Å². The number of nitrogens with two attached hydrogens (primary N) is 1. The van der Waals surface area contributed by atoms with Gasteiger partial charge in [-0.3, -0.25) is 4.79 Å². The van der Waals surface area contributed by atoms with E-state index in [0.29, 0.717) is 19.6 Å². The van der Waals surface area contributed by atoms with Crippen molar-refractivity contribution >= 4 is 5.91 Å². The van der Waals surface area contributed by atoms with Crippen molar-refractivity contribution in [3.05, 3.63) is 0 Å². The van der Waals surface area contributed by atoms with E-state index >= 15 is 0 Å². The van der Waals surface area contributed by atoms with Gasteiger partial charge in [-0.05, 0) is 12.8 Å². The van der Waals surface area contributed by atoms with E-state index in [4.69, 9.17) is 10.5 Å². The van der Waals surface area contributed by atoms with Crippen molar-refractivity contribution in [3.63, 3.8) is 0 Å². The van der Waals surface area contributed by atoms with Crippen molar-refractivity contribution in [2.45, 2.75) is 83.6 Å². The summed E-state index contributed by atoms with van der Waals surface area (Å²) in [5.41, 5.74) is 5.79. The molecule has 0 rings (SSSR count). The van der Waals surface area contributed by atoms with Crippen molar-refractivity contribution in [1.29, 1.82) is 0 Å². The van der Waals surface area contributed by atoms with Gasteiger partial charge in [0.15, 0.2) is 0 Å². The first-order valence-corrected chi connectivity index (χ1v) is 8.72. The third-order valence-electron chi connectivity index (χ3n) is 3.73. The molecule has 0 aromatic heterocycles. The summed E-state index contributed by atoms with van der Waals surface area (Å²) in [6, 6.07) is 0.0167. The van der Waals surface area contributed by atoms with Gasteiger partial charge in [0.2, 0.25) is 5.91 Å². The quantitative estimate of drug-likeness (QED) is 0.456. The Morgan fingerprint density at radius 3 is 2.19 bits per heavy atom. The highest BCUT2D eigenvalue weighted by Gasteiger charge is 2.04. The van der Waals surface area contributed by atoms with Crippen LogP contribution in [0.4, 0.5) is 0 Å². The van der Waals surface area contributed by atoms with Gasteiger partial charge in [0.05, 0.1) is 6.61 Å². The van der Waals surface area contributed by atoms with E-state index in [1.165, 1.54) is 51.4 Å². The molecule has 3 N–H and O–H groups in total. The van der Waals surface area contributed by atoms with Crippen LogP contribution in [0.3, 0.4) is 0 Å². The fourth-order valence-electron chi connectivity index (χ4n) is 2.38. The molecule has 0 bridgehead atoms. The van der Waals surface area contributed by atoms with Crippen LogP contribution in [0.2, 0.25) is 0 Å². The number of hydrogen-bond acceptors (Lipinski definition) is 3. The smallest absolute Gasteiger partial charge is 0.219 e. The minimum absolute atomic E-state index is 0.0167. The van der Waals surface area contributed by atoms with Gasteiger partial charge in [-0.15, -0.1) is 0 Å². The molecule has 0 fully saturated rings. The summed E-state index contributed by atoms with van der Waals surface area (Å²) in [6.45, 7) is 3.45. The average molecular weight is 300 g/mol. The SMILES string of the molecule is CCCCCCCCCCCC(=O)NCCC(N)COC. The van der Waals surface area contributed by atoms with E-state index in [0.717, 1.165) is 12.8 Å². The molecular formula is C17H36N2O2. The van der Waals surface area contributed by atoms with E-state index in [1.807, 2.05) is 0 Å². The van der Waals surface area contributed by atoms with E-state index < -0.39 is 0 Å².